The molecule has 0 aliphatic rings. The van der Waals surface area contributed by atoms with E-state index >= 15 is 0 Å². The minimum Gasteiger partial charge on any atom is -0.489 e. The second kappa shape index (κ2) is 25.6. The molecule has 0 aromatic heterocycles. The van der Waals surface area contributed by atoms with Crippen LogP contribution in [0.15, 0.2) is 60.7 Å². The van der Waals surface area contributed by atoms with E-state index in [0.29, 0.717) is 19.4 Å². The zero-order chi connectivity index (χ0) is 34.0. The summed E-state index contributed by atoms with van der Waals surface area (Å²) in [6.45, 7) is 4.67. The summed E-state index contributed by atoms with van der Waals surface area (Å²) >= 11 is 0. The fourth-order valence-corrected chi connectivity index (χ4v) is 5.92. The van der Waals surface area contributed by atoms with Crippen LogP contribution in [0.4, 0.5) is 0 Å². The van der Waals surface area contributed by atoms with E-state index in [1.54, 1.807) is 0 Å². The van der Waals surface area contributed by atoms with Crippen LogP contribution in [-0.4, -0.2) is 28.3 Å². The lowest BCUT2D eigenvalue weighted by Gasteiger charge is -2.19. The van der Waals surface area contributed by atoms with Crippen LogP contribution in [0.5, 0.6) is 5.75 Å². The lowest BCUT2D eigenvalue weighted by Crippen LogP contribution is -2.39. The number of amides is 1. The molecule has 0 bridgehead atoms. The number of hydrogen-bond donors (Lipinski definition) is 3. The maximum absolute atomic E-state index is 12.7. The van der Waals surface area contributed by atoms with Crippen molar-refractivity contribution in [1.29, 1.82) is 0 Å². The van der Waals surface area contributed by atoms with Crippen LogP contribution < -0.4 is 10.1 Å². The average Bonchev–Trinajstić information content (AvgIpc) is 3.05. The molecule has 1 atom stereocenters. The van der Waals surface area contributed by atoms with Crippen LogP contribution in [0.2, 0.25) is 0 Å². The predicted octanol–water partition coefficient (Wildman–Crippen LogP) is 10.2. The number of phosphoric ester groups is 1. The van der Waals surface area contributed by atoms with Gasteiger partial charge in [-0.05, 0) is 80.2 Å². The van der Waals surface area contributed by atoms with Crippen LogP contribution in [-0.2, 0) is 33.3 Å². The van der Waals surface area contributed by atoms with Crippen molar-refractivity contribution in [3.63, 3.8) is 0 Å². The first-order valence-corrected chi connectivity index (χ1v) is 19.8. The Morgan fingerprint density at radius 2 is 1.26 bits per heavy atom. The fourth-order valence-electron chi connectivity index (χ4n) is 5.55. The summed E-state index contributed by atoms with van der Waals surface area (Å²) in [6, 6.07) is 15.6. The number of ether oxygens (including phenoxy) is 1. The lowest BCUT2D eigenvalue weighted by atomic mass is 10.1. The van der Waals surface area contributed by atoms with E-state index in [4.69, 9.17) is 9.26 Å². The second-order valence-corrected chi connectivity index (χ2v) is 14.0. The summed E-state index contributed by atoms with van der Waals surface area (Å²) in [4.78, 5) is 31.1. The Morgan fingerprint density at radius 1 is 0.723 bits per heavy atom. The van der Waals surface area contributed by atoms with Gasteiger partial charge in [0, 0.05) is 6.42 Å². The van der Waals surface area contributed by atoms with Crippen molar-refractivity contribution in [2.24, 2.45) is 0 Å². The Hall–Kier alpha value is -2.44. The average molecular weight is 672 g/mol. The molecule has 2 aromatic carbocycles. The summed E-state index contributed by atoms with van der Waals surface area (Å²) in [5.41, 5.74) is 3.37. The number of carbonyl (C=O) groups excluding carboxylic acids is 1. The van der Waals surface area contributed by atoms with E-state index in [-0.39, 0.29) is 12.5 Å². The molecule has 0 aliphatic heterocycles. The van der Waals surface area contributed by atoms with Gasteiger partial charge in [0.25, 0.3) is 0 Å². The summed E-state index contributed by atoms with van der Waals surface area (Å²) in [6.07, 6.45) is 25.8. The van der Waals surface area contributed by atoms with Crippen LogP contribution in [0, 0.1) is 0 Å². The highest BCUT2D eigenvalue weighted by atomic mass is 31.2. The van der Waals surface area contributed by atoms with Gasteiger partial charge in [-0.15, -0.1) is 0 Å². The number of phosphoric acid groups is 1. The number of unbranched alkanes of at least 4 members (excludes halogenated alkanes) is 13. The Bertz CT molecular complexity index is 1150. The molecule has 1 amide bonds. The maximum Gasteiger partial charge on any atom is 0.469 e. The summed E-state index contributed by atoms with van der Waals surface area (Å²) < 4.78 is 22.1. The van der Waals surface area contributed by atoms with Gasteiger partial charge in [-0.1, -0.05) is 127 Å². The van der Waals surface area contributed by atoms with Gasteiger partial charge in [0.1, 0.15) is 12.4 Å². The van der Waals surface area contributed by atoms with Crippen LogP contribution in [0.25, 0.3) is 0 Å². The smallest absolute Gasteiger partial charge is 0.469 e. The van der Waals surface area contributed by atoms with E-state index in [0.717, 1.165) is 55.4 Å². The molecule has 0 saturated heterocycles. The molecule has 2 aromatic rings. The molecule has 0 unspecified atom stereocenters. The van der Waals surface area contributed by atoms with E-state index in [1.807, 2.05) is 24.3 Å². The molecule has 0 aliphatic carbocycles. The van der Waals surface area contributed by atoms with Gasteiger partial charge < -0.3 is 19.8 Å². The van der Waals surface area contributed by atoms with Crippen molar-refractivity contribution >= 4 is 13.7 Å². The Balaban J connectivity index is 1.67. The number of carbonyl (C=O) groups is 1. The lowest BCUT2D eigenvalue weighted by molar-refractivity contribution is -0.122. The largest absolute Gasteiger partial charge is 0.489 e. The number of nitrogens with one attached hydrogen (secondary N) is 1. The second-order valence-electron chi connectivity index (χ2n) is 12.8. The van der Waals surface area contributed by atoms with Gasteiger partial charge in [0.2, 0.25) is 5.91 Å². The molecule has 47 heavy (non-hydrogen) atoms. The number of rotatable bonds is 28. The molecule has 0 saturated carbocycles. The minimum atomic E-state index is -4.65. The highest BCUT2D eigenvalue weighted by Crippen LogP contribution is 2.35. The number of allylic oxidation sites excluding steroid dienone is 2. The highest BCUT2D eigenvalue weighted by Gasteiger charge is 2.20. The number of benzene rings is 2. The molecule has 264 valence electrons. The summed E-state index contributed by atoms with van der Waals surface area (Å²) in [7, 11) is -4.65. The fraction of sp³-hybridized carbons (Fsp3) is 0.615. The molecule has 3 N–H and O–H groups in total. The van der Waals surface area contributed by atoms with Gasteiger partial charge in [-0.25, -0.2) is 4.57 Å². The molecule has 0 spiro atoms. The first-order chi connectivity index (χ1) is 22.8. The van der Waals surface area contributed by atoms with E-state index in [2.05, 4.69) is 55.6 Å². The Morgan fingerprint density at radius 3 is 1.87 bits per heavy atom. The molecule has 8 heteroatoms. The molecule has 0 heterocycles. The summed E-state index contributed by atoms with van der Waals surface area (Å²) in [5, 5.41) is 2.92. The van der Waals surface area contributed by atoms with Crippen LogP contribution in [0.1, 0.15) is 140 Å². The standard InChI is InChI=1S/C39H62NO6P/c1-3-5-7-8-9-10-11-12-13-14-15-16-17-18-20-22-39(41)40-37(33-46-47(42,43)44)31-35-27-29-38(30-28-35)45-32-36-25-23-34(24-26-36)21-19-6-4-2/h12-13,23-30,37H,3-11,14-22,31-33H2,1-2H3,(H,40,41)(H2,42,43,44)/b13-12-/t37-/m1/s1. The van der Waals surface area contributed by atoms with Crippen molar-refractivity contribution < 1.29 is 28.4 Å². The quantitative estimate of drug-likeness (QED) is 0.0472. The van der Waals surface area contributed by atoms with E-state index in [9.17, 15) is 19.1 Å². The maximum atomic E-state index is 12.7. The molecule has 7 nitrogen and oxygen atoms in total. The van der Waals surface area contributed by atoms with Crippen molar-refractivity contribution in [3.05, 3.63) is 77.4 Å². The van der Waals surface area contributed by atoms with Crippen molar-refractivity contribution in [2.45, 2.75) is 148 Å². The zero-order valence-corrected chi connectivity index (χ0v) is 30.1. The van der Waals surface area contributed by atoms with Crippen LogP contribution in [0.3, 0.4) is 0 Å². The Labute approximate surface area is 285 Å². The molecule has 0 radical (unpaired) electrons. The normalized spacial score (nSPS) is 12.4. The monoisotopic (exact) mass is 671 g/mol. The van der Waals surface area contributed by atoms with Crippen LogP contribution >= 0.6 is 7.82 Å². The van der Waals surface area contributed by atoms with Gasteiger partial charge in [-0.3, -0.25) is 9.32 Å². The third-order valence-electron chi connectivity index (χ3n) is 8.38. The predicted molar refractivity (Wildman–Crippen MR) is 194 cm³/mol. The SMILES string of the molecule is CCCCCCCC/C=C\CCCCCCCC(=O)N[C@@H](COP(=O)(O)O)Cc1ccc(OCc2ccc(CCCCC)cc2)cc1. The highest BCUT2D eigenvalue weighted by molar-refractivity contribution is 7.46. The minimum absolute atomic E-state index is 0.127. The topological polar surface area (TPSA) is 105 Å². The van der Waals surface area contributed by atoms with Gasteiger partial charge in [-0.2, -0.15) is 0 Å². The third kappa shape index (κ3) is 21.9. The molecule has 0 fully saturated rings. The van der Waals surface area contributed by atoms with Gasteiger partial charge >= 0.3 is 7.82 Å². The first kappa shape index (κ1) is 40.7. The van der Waals surface area contributed by atoms with Crippen molar-refractivity contribution in [1.82, 2.24) is 5.32 Å². The number of hydrogen-bond acceptors (Lipinski definition) is 4. The van der Waals surface area contributed by atoms with Gasteiger partial charge in [0.15, 0.2) is 0 Å². The number of aryl methyl sites for hydroxylation is 1. The summed E-state index contributed by atoms with van der Waals surface area (Å²) in [5.74, 6) is 0.607. The molecular formula is C39H62NO6P. The molecular weight excluding hydrogens is 609 g/mol. The first-order valence-electron chi connectivity index (χ1n) is 18.2. The van der Waals surface area contributed by atoms with Crippen molar-refractivity contribution in [2.75, 3.05) is 6.61 Å². The third-order valence-corrected chi connectivity index (χ3v) is 8.86. The van der Waals surface area contributed by atoms with E-state index < -0.39 is 13.9 Å². The zero-order valence-electron chi connectivity index (χ0n) is 29.2. The molecule has 2 rings (SSSR count). The van der Waals surface area contributed by atoms with E-state index in [1.165, 1.54) is 76.2 Å². The van der Waals surface area contributed by atoms with Gasteiger partial charge in [0.05, 0.1) is 12.6 Å². The Kier molecular flexibility index (Phi) is 22.2. The van der Waals surface area contributed by atoms with Crippen molar-refractivity contribution in [3.8, 4) is 5.75 Å².